The predicted octanol–water partition coefficient (Wildman–Crippen LogP) is 2.65. The Hall–Kier alpha value is -3.10. The van der Waals surface area contributed by atoms with Crippen molar-refractivity contribution in [3.8, 4) is 0 Å². The van der Waals surface area contributed by atoms with Gasteiger partial charge in [0.05, 0.1) is 12.6 Å². The second kappa shape index (κ2) is 8.50. The van der Waals surface area contributed by atoms with E-state index in [9.17, 15) is 9.90 Å². The number of benzene rings is 2. The van der Waals surface area contributed by atoms with Crippen LogP contribution in [0.15, 0.2) is 59.6 Å². The molecule has 3 aromatic rings. The van der Waals surface area contributed by atoms with Crippen molar-refractivity contribution >= 4 is 28.4 Å². The van der Waals surface area contributed by atoms with Crippen LogP contribution in [0.1, 0.15) is 40.2 Å². The second-order valence-corrected chi connectivity index (χ2v) is 7.60. The molecule has 4 rings (SSSR count). The van der Waals surface area contributed by atoms with E-state index < -0.39 is 6.10 Å². The SMILES string of the molecule is CC(c1cccc(C(=O)c2ccccc2)c1)c1nsc(NC2=NCC(O)CN2)n1. The summed E-state index contributed by atoms with van der Waals surface area (Å²) in [4.78, 5) is 21.5. The van der Waals surface area contributed by atoms with Crippen LogP contribution in [0, 0.1) is 0 Å². The number of aromatic nitrogens is 2. The van der Waals surface area contributed by atoms with Gasteiger partial charge in [0.25, 0.3) is 0 Å². The minimum absolute atomic E-state index is 0.00295. The van der Waals surface area contributed by atoms with E-state index in [1.165, 1.54) is 11.5 Å². The summed E-state index contributed by atoms with van der Waals surface area (Å²) >= 11 is 1.25. The Morgan fingerprint density at radius 3 is 2.76 bits per heavy atom. The van der Waals surface area contributed by atoms with Crippen LogP contribution in [0.3, 0.4) is 0 Å². The van der Waals surface area contributed by atoms with Crippen molar-refractivity contribution in [3.05, 3.63) is 77.1 Å². The van der Waals surface area contributed by atoms with Crippen LogP contribution in [-0.2, 0) is 0 Å². The third kappa shape index (κ3) is 4.49. The molecule has 2 atom stereocenters. The maximum absolute atomic E-state index is 12.7. The van der Waals surface area contributed by atoms with Crippen molar-refractivity contribution in [2.45, 2.75) is 18.9 Å². The number of guanidine groups is 1. The molecule has 8 heteroatoms. The van der Waals surface area contributed by atoms with Crippen LogP contribution in [0.2, 0.25) is 0 Å². The van der Waals surface area contributed by atoms with Gasteiger partial charge in [0.15, 0.2) is 17.6 Å². The fourth-order valence-corrected chi connectivity index (χ4v) is 3.69. The lowest BCUT2D eigenvalue weighted by atomic mass is 9.95. The summed E-state index contributed by atoms with van der Waals surface area (Å²) in [6.45, 7) is 2.83. The Labute approximate surface area is 172 Å². The lowest BCUT2D eigenvalue weighted by molar-refractivity contribution is 0.103. The van der Waals surface area contributed by atoms with E-state index in [1.54, 1.807) is 0 Å². The van der Waals surface area contributed by atoms with E-state index in [1.807, 2.05) is 61.5 Å². The van der Waals surface area contributed by atoms with Crippen molar-refractivity contribution in [2.75, 3.05) is 18.4 Å². The standard InChI is InChI=1S/C21H21N5O2S/c1-13(19-24-21(29-26-19)25-20-22-11-17(27)12-23-20)15-8-5-9-16(10-15)18(28)14-6-3-2-4-7-14/h2-10,13,17,27H,11-12H2,1H3,(H2,22,23,24,25,26). The summed E-state index contributed by atoms with van der Waals surface area (Å²) in [5, 5.41) is 16.2. The molecule has 0 spiro atoms. The van der Waals surface area contributed by atoms with Gasteiger partial charge < -0.3 is 15.7 Å². The van der Waals surface area contributed by atoms with Gasteiger partial charge in [-0.1, -0.05) is 55.5 Å². The molecule has 0 radical (unpaired) electrons. The van der Waals surface area contributed by atoms with Crippen LogP contribution in [0.25, 0.3) is 0 Å². The largest absolute Gasteiger partial charge is 0.389 e. The molecule has 29 heavy (non-hydrogen) atoms. The number of carbonyl (C=O) groups excluding carboxylic acids is 1. The maximum Gasteiger partial charge on any atom is 0.209 e. The lowest BCUT2D eigenvalue weighted by Gasteiger charge is -2.18. The Bertz CT molecular complexity index is 1030. The number of hydrogen-bond donors (Lipinski definition) is 3. The molecule has 7 nitrogen and oxygen atoms in total. The summed E-state index contributed by atoms with van der Waals surface area (Å²) in [5.74, 6) is 1.20. The first kappa shape index (κ1) is 19.2. The first-order valence-electron chi connectivity index (χ1n) is 9.37. The highest BCUT2D eigenvalue weighted by atomic mass is 32.1. The predicted molar refractivity (Wildman–Crippen MR) is 114 cm³/mol. The second-order valence-electron chi connectivity index (χ2n) is 6.85. The quantitative estimate of drug-likeness (QED) is 0.563. The number of nitrogens with one attached hydrogen (secondary N) is 2. The molecule has 2 unspecified atom stereocenters. The number of ketones is 1. The topological polar surface area (TPSA) is 99.5 Å². The maximum atomic E-state index is 12.7. The van der Waals surface area contributed by atoms with Crippen molar-refractivity contribution in [1.29, 1.82) is 0 Å². The highest BCUT2D eigenvalue weighted by Crippen LogP contribution is 2.26. The van der Waals surface area contributed by atoms with E-state index in [-0.39, 0.29) is 11.7 Å². The summed E-state index contributed by atoms with van der Waals surface area (Å²) in [5.41, 5.74) is 2.29. The van der Waals surface area contributed by atoms with E-state index >= 15 is 0 Å². The molecule has 2 aromatic carbocycles. The molecule has 1 aliphatic heterocycles. The number of β-amino-alcohol motifs (C(OH)–C–C–N with tert-alkyl or cyclic N) is 1. The van der Waals surface area contributed by atoms with Gasteiger partial charge >= 0.3 is 0 Å². The van der Waals surface area contributed by atoms with Crippen LogP contribution < -0.4 is 10.6 Å². The Balaban J connectivity index is 1.49. The van der Waals surface area contributed by atoms with Gasteiger partial charge in [-0.05, 0) is 11.6 Å². The zero-order valence-electron chi connectivity index (χ0n) is 15.9. The van der Waals surface area contributed by atoms with Gasteiger partial charge in [0, 0.05) is 35.1 Å². The summed E-state index contributed by atoms with van der Waals surface area (Å²) < 4.78 is 4.46. The molecule has 0 aliphatic carbocycles. The van der Waals surface area contributed by atoms with Crippen molar-refractivity contribution in [2.24, 2.45) is 4.99 Å². The zero-order valence-corrected chi connectivity index (χ0v) is 16.7. The van der Waals surface area contributed by atoms with Gasteiger partial charge in [-0.2, -0.15) is 4.37 Å². The van der Waals surface area contributed by atoms with Crippen molar-refractivity contribution in [1.82, 2.24) is 14.7 Å². The molecular weight excluding hydrogens is 386 g/mol. The zero-order chi connectivity index (χ0) is 20.2. The van der Waals surface area contributed by atoms with Crippen molar-refractivity contribution < 1.29 is 9.90 Å². The van der Waals surface area contributed by atoms with Gasteiger partial charge in [-0.3, -0.25) is 9.79 Å². The third-order valence-corrected chi connectivity index (χ3v) is 5.35. The fourth-order valence-electron chi connectivity index (χ4n) is 3.03. The van der Waals surface area contributed by atoms with Gasteiger partial charge in [0.1, 0.15) is 0 Å². The number of anilines is 1. The van der Waals surface area contributed by atoms with Gasteiger partial charge in [0.2, 0.25) is 5.13 Å². The molecule has 0 fully saturated rings. The minimum Gasteiger partial charge on any atom is -0.389 e. The van der Waals surface area contributed by atoms with Gasteiger partial charge in [-0.25, -0.2) is 4.98 Å². The number of rotatable bonds is 5. The molecular formula is C21H21N5O2S. The number of aliphatic hydroxyl groups excluding tert-OH is 1. The van der Waals surface area contributed by atoms with E-state index in [4.69, 9.17) is 0 Å². The van der Waals surface area contributed by atoms with E-state index in [2.05, 4.69) is 25.0 Å². The van der Waals surface area contributed by atoms with Crippen LogP contribution in [0.5, 0.6) is 0 Å². The molecule has 0 saturated carbocycles. The van der Waals surface area contributed by atoms with Crippen LogP contribution in [-0.4, -0.2) is 45.4 Å². The van der Waals surface area contributed by atoms with E-state index in [0.29, 0.717) is 41.1 Å². The van der Waals surface area contributed by atoms with Crippen LogP contribution >= 0.6 is 11.5 Å². The fraction of sp³-hybridized carbons (Fsp3) is 0.238. The molecule has 2 heterocycles. The number of carbonyl (C=O) groups is 1. The normalized spacial score (nSPS) is 17.2. The smallest absolute Gasteiger partial charge is 0.209 e. The molecule has 3 N–H and O–H groups in total. The minimum atomic E-state index is -0.462. The molecule has 0 saturated heterocycles. The molecule has 0 bridgehead atoms. The Morgan fingerprint density at radius 2 is 2.00 bits per heavy atom. The Morgan fingerprint density at radius 1 is 1.21 bits per heavy atom. The average Bonchev–Trinajstić information content (AvgIpc) is 3.23. The third-order valence-electron chi connectivity index (χ3n) is 4.70. The monoisotopic (exact) mass is 407 g/mol. The van der Waals surface area contributed by atoms with Gasteiger partial charge in [-0.15, -0.1) is 0 Å². The molecule has 0 amide bonds. The Kier molecular flexibility index (Phi) is 5.64. The molecule has 1 aromatic heterocycles. The number of nitrogens with zero attached hydrogens (tertiary/aromatic N) is 3. The number of aliphatic hydroxyl groups is 1. The number of aliphatic imine (C=N–C) groups is 1. The average molecular weight is 407 g/mol. The highest BCUT2D eigenvalue weighted by molar-refractivity contribution is 7.09. The molecule has 148 valence electrons. The number of hydrogen-bond acceptors (Lipinski definition) is 8. The van der Waals surface area contributed by atoms with Crippen molar-refractivity contribution in [3.63, 3.8) is 0 Å². The summed E-state index contributed by atoms with van der Waals surface area (Å²) in [6, 6.07) is 16.9. The lowest BCUT2D eigenvalue weighted by Crippen LogP contribution is -2.42. The molecule has 1 aliphatic rings. The first-order chi connectivity index (χ1) is 14.1. The first-order valence-corrected chi connectivity index (χ1v) is 10.1. The van der Waals surface area contributed by atoms with Crippen LogP contribution in [0.4, 0.5) is 5.13 Å². The highest BCUT2D eigenvalue weighted by Gasteiger charge is 2.18. The summed E-state index contributed by atoms with van der Waals surface area (Å²) in [6.07, 6.45) is -0.462. The van der Waals surface area contributed by atoms with E-state index in [0.717, 1.165) is 5.56 Å². The summed E-state index contributed by atoms with van der Waals surface area (Å²) in [7, 11) is 0.